The van der Waals surface area contributed by atoms with Crippen LogP contribution in [0.15, 0.2) is 12.1 Å². The topological polar surface area (TPSA) is 64.6 Å². The van der Waals surface area contributed by atoms with Crippen LogP contribution in [0.1, 0.15) is 47.2 Å². The van der Waals surface area contributed by atoms with Gasteiger partial charge in [-0.25, -0.2) is 9.87 Å². The predicted octanol–water partition coefficient (Wildman–Crippen LogP) is 1.83. The van der Waals surface area contributed by atoms with Crippen LogP contribution in [0.5, 0.6) is 0 Å². The number of piperidine rings is 1. The van der Waals surface area contributed by atoms with Crippen molar-refractivity contribution in [2.24, 2.45) is 5.92 Å². The summed E-state index contributed by atoms with van der Waals surface area (Å²) >= 11 is 0. The third-order valence-corrected chi connectivity index (χ3v) is 5.82. The minimum absolute atomic E-state index is 0.178. The molecular formula is C18H24FN3O2. The van der Waals surface area contributed by atoms with Gasteiger partial charge in [-0.3, -0.25) is 14.9 Å². The molecule has 2 unspecified atom stereocenters. The van der Waals surface area contributed by atoms with Gasteiger partial charge in [-0.05, 0) is 55.7 Å². The number of hydrogen-bond donors (Lipinski definition) is 3. The number of hydrogen-bond acceptors (Lipinski definition) is 4. The molecule has 24 heavy (non-hydrogen) atoms. The van der Waals surface area contributed by atoms with Crippen LogP contribution in [0.2, 0.25) is 0 Å². The maximum atomic E-state index is 14.4. The van der Waals surface area contributed by atoms with E-state index >= 15 is 0 Å². The Labute approximate surface area is 141 Å². The number of carbonyl (C=O) groups excluding carboxylic acids is 1. The highest BCUT2D eigenvalue weighted by Crippen LogP contribution is 2.32. The molecule has 2 bridgehead atoms. The minimum Gasteiger partial charge on any atom is -0.311 e. The quantitative estimate of drug-likeness (QED) is 0.583. The molecule has 2 saturated heterocycles. The van der Waals surface area contributed by atoms with E-state index in [-0.39, 0.29) is 11.4 Å². The van der Waals surface area contributed by atoms with Crippen LogP contribution in [0.3, 0.4) is 0 Å². The maximum absolute atomic E-state index is 14.4. The van der Waals surface area contributed by atoms with Gasteiger partial charge in [0.1, 0.15) is 5.82 Å². The molecule has 130 valence electrons. The lowest BCUT2D eigenvalue weighted by atomic mass is 9.90. The van der Waals surface area contributed by atoms with Crippen molar-refractivity contribution >= 4 is 5.91 Å². The van der Waals surface area contributed by atoms with Crippen molar-refractivity contribution in [3.8, 4) is 0 Å². The molecule has 1 aromatic rings. The van der Waals surface area contributed by atoms with Gasteiger partial charge in [-0.15, -0.1) is 0 Å². The average molecular weight is 333 g/mol. The van der Waals surface area contributed by atoms with Crippen molar-refractivity contribution in [2.45, 2.75) is 50.7 Å². The normalized spacial score (nSPS) is 29.3. The number of nitrogens with one attached hydrogen (secondary N) is 2. The third kappa shape index (κ3) is 3.06. The highest BCUT2D eigenvalue weighted by Gasteiger charge is 2.34. The molecule has 0 aliphatic carbocycles. The van der Waals surface area contributed by atoms with Crippen LogP contribution in [-0.2, 0) is 13.0 Å². The van der Waals surface area contributed by atoms with Gasteiger partial charge in [0.15, 0.2) is 0 Å². The summed E-state index contributed by atoms with van der Waals surface area (Å²) in [5.41, 5.74) is 3.33. The van der Waals surface area contributed by atoms with Crippen LogP contribution in [0.25, 0.3) is 0 Å². The largest absolute Gasteiger partial charge is 0.311 e. The van der Waals surface area contributed by atoms with Crippen LogP contribution in [0, 0.1) is 11.7 Å². The molecule has 2 atom stereocenters. The van der Waals surface area contributed by atoms with Gasteiger partial charge in [0, 0.05) is 42.8 Å². The molecule has 1 amide bonds. The van der Waals surface area contributed by atoms with Gasteiger partial charge in [-0.2, -0.15) is 0 Å². The lowest BCUT2D eigenvalue weighted by Crippen LogP contribution is -2.43. The molecule has 3 N–H and O–H groups in total. The van der Waals surface area contributed by atoms with Gasteiger partial charge in [-0.1, -0.05) is 0 Å². The predicted molar refractivity (Wildman–Crippen MR) is 87.3 cm³/mol. The van der Waals surface area contributed by atoms with Gasteiger partial charge < -0.3 is 5.32 Å². The fraction of sp³-hybridized carbons (Fsp3) is 0.611. The van der Waals surface area contributed by atoms with Crippen molar-refractivity contribution in [2.75, 3.05) is 13.1 Å². The van der Waals surface area contributed by atoms with Crippen molar-refractivity contribution in [1.29, 1.82) is 0 Å². The first-order valence-corrected chi connectivity index (χ1v) is 8.86. The number of fused-ring (bicyclic) bond motifs is 3. The van der Waals surface area contributed by atoms with Crippen LogP contribution in [-0.4, -0.2) is 41.2 Å². The third-order valence-electron chi connectivity index (χ3n) is 5.82. The number of benzene rings is 1. The molecule has 3 heterocycles. The highest BCUT2D eigenvalue weighted by atomic mass is 19.1. The summed E-state index contributed by atoms with van der Waals surface area (Å²) in [5, 5.41) is 12.4. The minimum atomic E-state index is -0.663. The molecule has 3 aliphatic rings. The summed E-state index contributed by atoms with van der Waals surface area (Å²) in [6, 6.07) is 4.29. The Morgan fingerprint density at radius 2 is 2.08 bits per heavy atom. The molecule has 4 rings (SSSR count). The molecule has 2 fully saturated rings. The second kappa shape index (κ2) is 6.43. The summed E-state index contributed by atoms with van der Waals surface area (Å²) in [4.78, 5) is 13.9. The van der Waals surface area contributed by atoms with Gasteiger partial charge >= 0.3 is 0 Å². The SMILES string of the molecule is O=C(NO)c1cc(F)c2c(c1)CCN(CC1CC3CCC(C1)N3)C2. The summed E-state index contributed by atoms with van der Waals surface area (Å²) < 4.78 is 14.4. The van der Waals surface area contributed by atoms with Crippen molar-refractivity contribution in [3.05, 3.63) is 34.6 Å². The summed E-state index contributed by atoms with van der Waals surface area (Å²) in [7, 11) is 0. The van der Waals surface area contributed by atoms with Gasteiger partial charge in [0.2, 0.25) is 0 Å². The van der Waals surface area contributed by atoms with Crippen LogP contribution in [0.4, 0.5) is 4.39 Å². The van der Waals surface area contributed by atoms with E-state index in [4.69, 9.17) is 5.21 Å². The fourth-order valence-electron chi connectivity index (χ4n) is 4.72. The molecular weight excluding hydrogens is 309 g/mol. The lowest BCUT2D eigenvalue weighted by molar-refractivity contribution is 0.0705. The summed E-state index contributed by atoms with van der Waals surface area (Å²) in [5.74, 6) is -0.307. The zero-order valence-electron chi connectivity index (χ0n) is 13.7. The molecule has 1 aromatic carbocycles. The standard InChI is InChI=1S/C18H24FN3O2/c19-17-8-13(18(23)21-24)7-12-3-4-22(10-16(12)17)9-11-5-14-1-2-15(6-11)20-14/h7-8,11,14-15,20,24H,1-6,9-10H2,(H,21,23). The van der Waals surface area contributed by atoms with E-state index in [1.807, 2.05) is 0 Å². The molecule has 0 aromatic heterocycles. The monoisotopic (exact) mass is 333 g/mol. The number of hydroxylamine groups is 1. The maximum Gasteiger partial charge on any atom is 0.274 e. The van der Waals surface area contributed by atoms with Crippen molar-refractivity contribution in [1.82, 2.24) is 15.7 Å². The Hall–Kier alpha value is -1.50. The Bertz CT molecular complexity index is 639. The average Bonchev–Trinajstić information content (AvgIpc) is 2.93. The molecule has 0 saturated carbocycles. The Balaban J connectivity index is 1.45. The van der Waals surface area contributed by atoms with E-state index in [1.54, 1.807) is 11.5 Å². The van der Waals surface area contributed by atoms with E-state index < -0.39 is 5.91 Å². The second-order valence-electron chi connectivity index (χ2n) is 7.50. The Morgan fingerprint density at radius 3 is 2.79 bits per heavy atom. The van der Waals surface area contributed by atoms with E-state index in [2.05, 4.69) is 10.2 Å². The van der Waals surface area contributed by atoms with Crippen molar-refractivity contribution < 1.29 is 14.4 Å². The Morgan fingerprint density at radius 1 is 1.33 bits per heavy atom. The van der Waals surface area contributed by atoms with Crippen LogP contribution >= 0.6 is 0 Å². The highest BCUT2D eigenvalue weighted by molar-refractivity contribution is 5.93. The number of nitrogens with zero attached hydrogens (tertiary/aromatic N) is 1. The second-order valence-corrected chi connectivity index (χ2v) is 7.50. The fourth-order valence-corrected chi connectivity index (χ4v) is 4.72. The first-order valence-electron chi connectivity index (χ1n) is 8.86. The van der Waals surface area contributed by atoms with E-state index in [9.17, 15) is 9.18 Å². The first kappa shape index (κ1) is 16.0. The zero-order chi connectivity index (χ0) is 16.7. The lowest BCUT2D eigenvalue weighted by Gasteiger charge is -2.36. The van der Waals surface area contributed by atoms with E-state index in [0.717, 1.165) is 25.1 Å². The van der Waals surface area contributed by atoms with Gasteiger partial charge in [0.25, 0.3) is 5.91 Å². The molecule has 0 spiro atoms. The number of halogens is 1. The summed E-state index contributed by atoms with van der Waals surface area (Å²) in [6.07, 6.45) is 5.81. The Kier molecular flexibility index (Phi) is 4.28. The molecule has 3 aliphatic heterocycles. The van der Waals surface area contributed by atoms with E-state index in [0.29, 0.717) is 30.1 Å². The smallest absolute Gasteiger partial charge is 0.274 e. The van der Waals surface area contributed by atoms with Crippen molar-refractivity contribution in [3.63, 3.8) is 0 Å². The van der Waals surface area contributed by atoms with Gasteiger partial charge in [0.05, 0.1) is 0 Å². The first-order chi connectivity index (χ1) is 11.6. The number of rotatable bonds is 3. The molecule has 0 radical (unpaired) electrons. The van der Waals surface area contributed by atoms with Crippen LogP contribution < -0.4 is 10.8 Å². The number of carbonyl (C=O) groups is 1. The van der Waals surface area contributed by atoms with E-state index in [1.165, 1.54) is 31.7 Å². The molecule has 5 nitrogen and oxygen atoms in total. The molecule has 6 heteroatoms. The number of amides is 1. The zero-order valence-corrected chi connectivity index (χ0v) is 13.7. The summed E-state index contributed by atoms with van der Waals surface area (Å²) in [6.45, 7) is 2.55.